The molecule has 1 amide bonds. The van der Waals surface area contributed by atoms with Gasteiger partial charge in [-0.15, -0.1) is 0 Å². The van der Waals surface area contributed by atoms with E-state index in [-0.39, 0.29) is 12.3 Å². The van der Waals surface area contributed by atoms with Crippen LogP contribution in [0.15, 0.2) is 91.1 Å². The number of hydrogen-bond donors (Lipinski definition) is 1. The molecule has 0 atom stereocenters. The molecule has 1 N–H and O–H groups in total. The van der Waals surface area contributed by atoms with Crippen LogP contribution in [0.2, 0.25) is 0 Å². The predicted molar refractivity (Wildman–Crippen MR) is 137 cm³/mol. The molecule has 6 nitrogen and oxygen atoms in total. The summed E-state index contributed by atoms with van der Waals surface area (Å²) in [6.45, 7) is 1.05. The Kier molecular flexibility index (Phi) is 7.63. The van der Waals surface area contributed by atoms with Crippen LogP contribution in [0.25, 0.3) is 17.1 Å². The van der Waals surface area contributed by atoms with E-state index in [4.69, 9.17) is 9.84 Å². The Hall–Kier alpha value is -4.32. The monoisotopic (exact) mass is 468 g/mol. The second kappa shape index (κ2) is 11.2. The van der Waals surface area contributed by atoms with E-state index < -0.39 is 5.97 Å². The molecule has 0 radical (unpaired) electrons. The van der Waals surface area contributed by atoms with Gasteiger partial charge in [0.2, 0.25) is 5.91 Å². The maximum absolute atomic E-state index is 13.0. The first kappa shape index (κ1) is 23.8. The Bertz CT molecular complexity index is 1330. The van der Waals surface area contributed by atoms with Gasteiger partial charge in [-0.1, -0.05) is 60.7 Å². The second-order valence-corrected chi connectivity index (χ2v) is 8.40. The highest BCUT2D eigenvalue weighted by Crippen LogP contribution is 2.28. The van der Waals surface area contributed by atoms with Crippen LogP contribution < -0.4 is 4.74 Å². The van der Waals surface area contributed by atoms with Crippen molar-refractivity contribution < 1.29 is 19.4 Å². The van der Waals surface area contributed by atoms with Crippen molar-refractivity contribution >= 4 is 29.0 Å². The molecule has 0 aliphatic heterocycles. The molecule has 0 saturated carbocycles. The summed E-state index contributed by atoms with van der Waals surface area (Å²) in [5.41, 5.74) is 3.87. The highest BCUT2D eigenvalue weighted by molar-refractivity contribution is 5.92. The third-order valence-corrected chi connectivity index (χ3v) is 5.86. The average Bonchev–Trinajstić information content (AvgIpc) is 3.22. The van der Waals surface area contributed by atoms with Crippen LogP contribution in [-0.4, -0.2) is 40.0 Å². The standard InChI is InChI=1S/C29H28N2O4/c1-30(16-14-22-8-4-2-5-9-22)28(32)18-24-20-31(17-15-29(33)34)27-13-12-25(19-26(24)27)35-21-23-10-6-3-7-11-23/h2-13,15,17,19-20H,14,16,18,21H2,1H3,(H,33,34). The van der Waals surface area contributed by atoms with Gasteiger partial charge in [-0.25, -0.2) is 4.79 Å². The lowest BCUT2D eigenvalue weighted by molar-refractivity contribution is -0.131. The fourth-order valence-corrected chi connectivity index (χ4v) is 3.91. The SMILES string of the molecule is CN(CCc1ccccc1)C(=O)Cc1cn(C=CC(=O)O)c2ccc(OCc3ccccc3)cc12. The molecule has 0 unspecified atom stereocenters. The van der Waals surface area contributed by atoms with Crippen LogP contribution in [0.3, 0.4) is 0 Å². The molecule has 0 aliphatic rings. The van der Waals surface area contributed by atoms with Crippen LogP contribution >= 0.6 is 0 Å². The minimum Gasteiger partial charge on any atom is -0.489 e. The van der Waals surface area contributed by atoms with Crippen LogP contribution in [0.5, 0.6) is 5.75 Å². The molecule has 0 bridgehead atoms. The zero-order valence-corrected chi connectivity index (χ0v) is 19.6. The summed E-state index contributed by atoms with van der Waals surface area (Å²) in [5.74, 6) is -0.349. The van der Waals surface area contributed by atoms with Crippen molar-refractivity contribution in [2.45, 2.75) is 19.4 Å². The van der Waals surface area contributed by atoms with Gasteiger partial charge in [0.1, 0.15) is 12.4 Å². The van der Waals surface area contributed by atoms with E-state index in [1.54, 1.807) is 9.47 Å². The minimum atomic E-state index is -1.03. The van der Waals surface area contributed by atoms with E-state index in [0.29, 0.717) is 18.9 Å². The first-order valence-corrected chi connectivity index (χ1v) is 11.5. The van der Waals surface area contributed by atoms with E-state index >= 15 is 0 Å². The van der Waals surface area contributed by atoms with E-state index in [1.807, 2.05) is 80.0 Å². The fourth-order valence-electron chi connectivity index (χ4n) is 3.91. The van der Waals surface area contributed by atoms with Gasteiger partial charge in [-0.2, -0.15) is 0 Å². The lowest BCUT2D eigenvalue weighted by Crippen LogP contribution is -2.30. The average molecular weight is 469 g/mol. The Morgan fingerprint density at radius 2 is 1.66 bits per heavy atom. The number of aliphatic carboxylic acids is 1. The van der Waals surface area contributed by atoms with Gasteiger partial charge < -0.3 is 19.3 Å². The third-order valence-electron chi connectivity index (χ3n) is 5.86. The van der Waals surface area contributed by atoms with Gasteiger partial charge in [0.15, 0.2) is 0 Å². The molecule has 178 valence electrons. The smallest absolute Gasteiger partial charge is 0.329 e. The summed E-state index contributed by atoms with van der Waals surface area (Å²) in [6, 6.07) is 25.6. The van der Waals surface area contributed by atoms with Crippen LogP contribution in [0.1, 0.15) is 16.7 Å². The van der Waals surface area contributed by atoms with E-state index in [1.165, 1.54) is 11.8 Å². The molecule has 0 fully saturated rings. The number of nitrogens with zero attached hydrogens (tertiary/aromatic N) is 2. The topological polar surface area (TPSA) is 71.8 Å². The number of likely N-dealkylation sites (N-methyl/N-ethyl adjacent to an activating group) is 1. The molecule has 1 aromatic heterocycles. The number of carboxylic acids is 1. The first-order valence-electron chi connectivity index (χ1n) is 11.5. The number of ether oxygens (including phenoxy) is 1. The molecule has 0 aliphatic carbocycles. The summed E-state index contributed by atoms with van der Waals surface area (Å²) >= 11 is 0. The Balaban J connectivity index is 1.54. The van der Waals surface area contributed by atoms with Crippen LogP contribution in [-0.2, 0) is 29.0 Å². The molecule has 3 aromatic carbocycles. The normalized spacial score (nSPS) is 11.1. The molecule has 1 heterocycles. The number of fused-ring (bicyclic) bond motifs is 1. The van der Waals surface area contributed by atoms with E-state index in [0.717, 1.165) is 34.5 Å². The fraction of sp³-hybridized carbons (Fsp3) is 0.172. The Morgan fingerprint density at radius 3 is 2.34 bits per heavy atom. The molecule has 0 spiro atoms. The Labute approximate surface area is 204 Å². The van der Waals surface area contributed by atoms with Gasteiger partial charge in [0.05, 0.1) is 11.9 Å². The van der Waals surface area contributed by atoms with Gasteiger partial charge in [-0.05, 0) is 41.3 Å². The summed E-state index contributed by atoms with van der Waals surface area (Å²) < 4.78 is 7.72. The van der Waals surface area contributed by atoms with Crippen molar-refractivity contribution in [1.29, 1.82) is 0 Å². The number of carbonyl (C=O) groups excluding carboxylic acids is 1. The first-order chi connectivity index (χ1) is 17.0. The second-order valence-electron chi connectivity index (χ2n) is 8.40. The maximum Gasteiger partial charge on any atom is 0.329 e. The molecule has 35 heavy (non-hydrogen) atoms. The van der Waals surface area contributed by atoms with Crippen molar-refractivity contribution in [1.82, 2.24) is 9.47 Å². The number of benzene rings is 3. The van der Waals surface area contributed by atoms with Gasteiger partial charge in [-0.3, -0.25) is 4.79 Å². The largest absolute Gasteiger partial charge is 0.489 e. The molecule has 6 heteroatoms. The molecule has 4 rings (SSSR count). The van der Waals surface area contributed by atoms with Crippen molar-refractivity contribution in [3.05, 3.63) is 108 Å². The van der Waals surface area contributed by atoms with Crippen LogP contribution in [0.4, 0.5) is 0 Å². The summed E-state index contributed by atoms with van der Waals surface area (Å²) in [6.07, 6.45) is 5.37. The number of carboxylic acid groups (broad SMARTS) is 1. The maximum atomic E-state index is 13.0. The minimum absolute atomic E-state index is 0.00203. The lowest BCUT2D eigenvalue weighted by Gasteiger charge is -2.17. The van der Waals surface area contributed by atoms with E-state index in [2.05, 4.69) is 12.1 Å². The van der Waals surface area contributed by atoms with E-state index in [9.17, 15) is 9.59 Å². The zero-order valence-electron chi connectivity index (χ0n) is 19.6. The summed E-state index contributed by atoms with van der Waals surface area (Å²) in [4.78, 5) is 25.8. The highest BCUT2D eigenvalue weighted by atomic mass is 16.5. The predicted octanol–water partition coefficient (Wildman–Crippen LogP) is 5.02. The van der Waals surface area contributed by atoms with Crippen molar-refractivity contribution in [3.8, 4) is 5.75 Å². The molecule has 4 aromatic rings. The molecule has 0 saturated heterocycles. The summed E-state index contributed by atoms with van der Waals surface area (Å²) in [7, 11) is 1.81. The highest BCUT2D eigenvalue weighted by Gasteiger charge is 2.15. The quantitative estimate of drug-likeness (QED) is 0.332. The van der Waals surface area contributed by atoms with Crippen molar-refractivity contribution in [3.63, 3.8) is 0 Å². The number of aromatic nitrogens is 1. The van der Waals surface area contributed by atoms with Gasteiger partial charge >= 0.3 is 5.97 Å². The van der Waals surface area contributed by atoms with Gasteiger partial charge in [0.25, 0.3) is 0 Å². The summed E-state index contributed by atoms with van der Waals surface area (Å²) in [5, 5.41) is 9.92. The van der Waals surface area contributed by atoms with Gasteiger partial charge in [0, 0.05) is 37.5 Å². The van der Waals surface area contributed by atoms with Crippen LogP contribution in [0, 0.1) is 0 Å². The zero-order chi connectivity index (χ0) is 24.6. The number of amides is 1. The van der Waals surface area contributed by atoms with Crippen molar-refractivity contribution in [2.24, 2.45) is 0 Å². The van der Waals surface area contributed by atoms with Crippen molar-refractivity contribution in [2.75, 3.05) is 13.6 Å². The third kappa shape index (κ3) is 6.38. The Morgan fingerprint density at radius 1 is 0.971 bits per heavy atom. The number of carbonyl (C=O) groups is 2. The lowest BCUT2D eigenvalue weighted by atomic mass is 10.1. The number of rotatable bonds is 10. The molecular weight excluding hydrogens is 440 g/mol. The number of hydrogen-bond acceptors (Lipinski definition) is 3. The molecular formula is C29H28N2O4.